The highest BCUT2D eigenvalue weighted by atomic mass is 19.1. The lowest BCUT2D eigenvalue weighted by Crippen LogP contribution is -2.51. The Morgan fingerprint density at radius 3 is 2.68 bits per heavy atom. The fraction of sp³-hybridized carbons (Fsp3) is 0.636. The van der Waals surface area contributed by atoms with E-state index >= 15 is 0 Å². The summed E-state index contributed by atoms with van der Waals surface area (Å²) < 4.78 is 13.7. The van der Waals surface area contributed by atoms with Crippen LogP contribution in [0.5, 0.6) is 0 Å². The maximum absolute atomic E-state index is 13.7. The van der Waals surface area contributed by atoms with E-state index in [2.05, 4.69) is 17.6 Å². The lowest BCUT2D eigenvalue weighted by molar-refractivity contribution is -0.127. The van der Waals surface area contributed by atoms with Crippen molar-refractivity contribution >= 4 is 11.9 Å². The Morgan fingerprint density at radius 2 is 2.04 bits per heavy atom. The van der Waals surface area contributed by atoms with E-state index in [0.29, 0.717) is 31.5 Å². The van der Waals surface area contributed by atoms with Gasteiger partial charge in [0.2, 0.25) is 5.91 Å². The lowest BCUT2D eigenvalue weighted by atomic mass is 9.88. The average molecular weight is 392 g/mol. The highest BCUT2D eigenvalue weighted by Crippen LogP contribution is 2.34. The smallest absolute Gasteiger partial charge is 0.317 e. The van der Waals surface area contributed by atoms with Crippen LogP contribution in [-0.4, -0.2) is 36.0 Å². The molecule has 1 aromatic carbocycles. The van der Waals surface area contributed by atoms with Gasteiger partial charge in [0.05, 0.1) is 12.0 Å². The zero-order valence-corrected chi connectivity index (χ0v) is 17.6. The van der Waals surface area contributed by atoms with Gasteiger partial charge in [-0.3, -0.25) is 4.79 Å². The molecule has 0 aliphatic carbocycles. The third-order valence-corrected chi connectivity index (χ3v) is 5.59. The molecule has 3 amide bonds. The molecular formula is C22H34FN3O2. The number of nitrogens with one attached hydrogen (secondary N) is 2. The topological polar surface area (TPSA) is 61.4 Å². The number of unbranched alkanes of at least 4 members (excludes halogenated alkanes) is 1. The van der Waals surface area contributed by atoms with Crippen molar-refractivity contribution in [2.24, 2.45) is 5.92 Å². The molecule has 0 bridgehead atoms. The van der Waals surface area contributed by atoms with Gasteiger partial charge in [-0.15, -0.1) is 0 Å². The standard InChI is InChI=1S/C22H34FN3O2/c1-5-7-12-24-22(28)26-14-18(21(27)25-16(4)6-2)9-11-20(26)17-8-10-19(23)15(3)13-17/h8,10,13,16,18,20H,5-7,9,11-12,14H2,1-4H3,(H,24,28)(H,25,27)/t16-,18+,20+/m0/s1. The van der Waals surface area contributed by atoms with Crippen molar-refractivity contribution in [3.05, 3.63) is 35.1 Å². The Bertz CT molecular complexity index is 680. The number of rotatable bonds is 7. The molecule has 1 aromatic rings. The minimum Gasteiger partial charge on any atom is -0.353 e. The molecule has 1 saturated heterocycles. The molecule has 3 atom stereocenters. The summed E-state index contributed by atoms with van der Waals surface area (Å²) in [4.78, 5) is 27.2. The first-order valence-electron chi connectivity index (χ1n) is 10.5. The first-order valence-corrected chi connectivity index (χ1v) is 10.5. The van der Waals surface area contributed by atoms with Crippen LogP contribution in [0.15, 0.2) is 18.2 Å². The molecule has 0 saturated carbocycles. The third-order valence-electron chi connectivity index (χ3n) is 5.59. The summed E-state index contributed by atoms with van der Waals surface area (Å²) in [7, 11) is 0. The number of carbonyl (C=O) groups excluding carboxylic acids is 2. The van der Waals surface area contributed by atoms with Crippen LogP contribution in [0.1, 0.15) is 70.0 Å². The van der Waals surface area contributed by atoms with Crippen LogP contribution in [0, 0.1) is 18.7 Å². The van der Waals surface area contributed by atoms with Gasteiger partial charge in [0.25, 0.3) is 0 Å². The van der Waals surface area contributed by atoms with Crippen molar-refractivity contribution in [3.63, 3.8) is 0 Å². The van der Waals surface area contributed by atoms with Crippen LogP contribution in [0.2, 0.25) is 0 Å². The van der Waals surface area contributed by atoms with Gasteiger partial charge < -0.3 is 15.5 Å². The highest BCUT2D eigenvalue weighted by Gasteiger charge is 2.35. The zero-order chi connectivity index (χ0) is 20.7. The summed E-state index contributed by atoms with van der Waals surface area (Å²) in [6.07, 6.45) is 4.18. The molecule has 0 radical (unpaired) electrons. The second-order valence-electron chi connectivity index (χ2n) is 7.85. The molecule has 2 rings (SSSR count). The van der Waals surface area contributed by atoms with Gasteiger partial charge >= 0.3 is 6.03 Å². The van der Waals surface area contributed by atoms with Gasteiger partial charge in [-0.1, -0.05) is 32.4 Å². The summed E-state index contributed by atoms with van der Waals surface area (Å²) >= 11 is 0. The van der Waals surface area contributed by atoms with Crippen molar-refractivity contribution in [2.45, 2.75) is 71.9 Å². The Labute approximate surface area is 168 Å². The average Bonchev–Trinajstić information content (AvgIpc) is 2.69. The summed E-state index contributed by atoms with van der Waals surface area (Å²) in [5, 5.41) is 6.01. The number of benzene rings is 1. The van der Waals surface area contributed by atoms with Gasteiger partial charge in [-0.2, -0.15) is 0 Å². The summed E-state index contributed by atoms with van der Waals surface area (Å²) in [6, 6.07) is 4.84. The summed E-state index contributed by atoms with van der Waals surface area (Å²) in [5.41, 5.74) is 1.49. The number of nitrogens with zero attached hydrogens (tertiary/aromatic N) is 1. The molecule has 1 fully saturated rings. The molecule has 6 heteroatoms. The number of halogens is 1. The number of carbonyl (C=O) groups is 2. The van der Waals surface area contributed by atoms with Crippen LogP contribution in [0.3, 0.4) is 0 Å². The SMILES string of the molecule is CCCCNC(=O)N1C[C@H](C(=O)N[C@@H](C)CC)CC[C@@H]1c1ccc(F)c(C)c1. The van der Waals surface area contributed by atoms with E-state index in [1.807, 2.05) is 19.9 Å². The Morgan fingerprint density at radius 1 is 1.29 bits per heavy atom. The molecule has 1 heterocycles. The van der Waals surface area contributed by atoms with Crippen LogP contribution >= 0.6 is 0 Å². The van der Waals surface area contributed by atoms with Crippen LogP contribution < -0.4 is 10.6 Å². The minimum atomic E-state index is -0.246. The molecule has 1 aliphatic rings. The van der Waals surface area contributed by atoms with Gasteiger partial charge in [-0.25, -0.2) is 9.18 Å². The Kier molecular flexibility index (Phi) is 8.27. The van der Waals surface area contributed by atoms with E-state index in [1.165, 1.54) is 6.07 Å². The van der Waals surface area contributed by atoms with Crippen molar-refractivity contribution < 1.29 is 14.0 Å². The van der Waals surface area contributed by atoms with Crippen LogP contribution in [0.4, 0.5) is 9.18 Å². The highest BCUT2D eigenvalue weighted by molar-refractivity contribution is 5.81. The molecule has 0 spiro atoms. The monoisotopic (exact) mass is 391 g/mol. The molecule has 2 N–H and O–H groups in total. The fourth-order valence-electron chi connectivity index (χ4n) is 3.57. The van der Waals surface area contributed by atoms with E-state index in [4.69, 9.17) is 0 Å². The van der Waals surface area contributed by atoms with Crippen molar-refractivity contribution in [1.82, 2.24) is 15.5 Å². The van der Waals surface area contributed by atoms with Crippen LogP contribution in [-0.2, 0) is 4.79 Å². The summed E-state index contributed by atoms with van der Waals surface area (Å²) in [5.74, 6) is -0.456. The lowest BCUT2D eigenvalue weighted by Gasteiger charge is -2.39. The van der Waals surface area contributed by atoms with Crippen molar-refractivity contribution in [1.29, 1.82) is 0 Å². The van der Waals surface area contributed by atoms with E-state index in [1.54, 1.807) is 17.9 Å². The van der Waals surface area contributed by atoms with Gasteiger partial charge in [0.15, 0.2) is 0 Å². The molecule has 5 nitrogen and oxygen atoms in total. The van der Waals surface area contributed by atoms with Gasteiger partial charge in [0, 0.05) is 19.1 Å². The second kappa shape index (κ2) is 10.4. The number of urea groups is 1. The van der Waals surface area contributed by atoms with Gasteiger partial charge in [-0.05, 0) is 56.7 Å². The van der Waals surface area contributed by atoms with E-state index in [0.717, 1.165) is 24.8 Å². The van der Waals surface area contributed by atoms with E-state index in [-0.39, 0.29) is 35.8 Å². The largest absolute Gasteiger partial charge is 0.353 e. The Hall–Kier alpha value is -2.11. The molecule has 0 unspecified atom stereocenters. The normalized spacial score (nSPS) is 20.5. The Balaban J connectivity index is 2.18. The predicted octanol–water partition coefficient (Wildman–Crippen LogP) is 4.31. The minimum absolute atomic E-state index is 0.00875. The summed E-state index contributed by atoms with van der Waals surface area (Å²) in [6.45, 7) is 8.82. The van der Waals surface area contributed by atoms with Gasteiger partial charge in [0.1, 0.15) is 5.82 Å². The molecule has 156 valence electrons. The third kappa shape index (κ3) is 5.69. The number of amides is 3. The molecule has 0 aromatic heterocycles. The maximum atomic E-state index is 13.7. The number of piperidine rings is 1. The zero-order valence-electron chi connectivity index (χ0n) is 17.6. The predicted molar refractivity (Wildman–Crippen MR) is 110 cm³/mol. The van der Waals surface area contributed by atoms with Crippen LogP contribution in [0.25, 0.3) is 0 Å². The molecule has 1 aliphatic heterocycles. The quantitative estimate of drug-likeness (QED) is 0.680. The number of aryl methyl sites for hydroxylation is 1. The second-order valence-corrected chi connectivity index (χ2v) is 7.85. The van der Waals surface area contributed by atoms with E-state index in [9.17, 15) is 14.0 Å². The fourth-order valence-corrected chi connectivity index (χ4v) is 3.57. The van der Waals surface area contributed by atoms with Crippen molar-refractivity contribution in [3.8, 4) is 0 Å². The molecular weight excluding hydrogens is 357 g/mol. The maximum Gasteiger partial charge on any atom is 0.317 e. The number of hydrogen-bond acceptors (Lipinski definition) is 2. The first kappa shape index (κ1) is 22.2. The number of hydrogen-bond donors (Lipinski definition) is 2. The van der Waals surface area contributed by atoms with E-state index < -0.39 is 0 Å². The first-order chi connectivity index (χ1) is 13.4. The number of likely N-dealkylation sites (tertiary alicyclic amines) is 1. The molecule has 28 heavy (non-hydrogen) atoms. The van der Waals surface area contributed by atoms with Crippen molar-refractivity contribution in [2.75, 3.05) is 13.1 Å².